The van der Waals surface area contributed by atoms with E-state index in [0.717, 1.165) is 4.90 Å². The van der Waals surface area contributed by atoms with Crippen LogP contribution < -0.4 is 63.9 Å². The summed E-state index contributed by atoms with van der Waals surface area (Å²) in [6.45, 7) is 31.1. The molecule has 694 valence electrons. The van der Waals surface area contributed by atoms with Crippen molar-refractivity contribution in [2.75, 3.05) is 105 Å². The molecule has 1 aliphatic rings. The van der Waals surface area contributed by atoms with Gasteiger partial charge in [0.15, 0.2) is 0 Å². The van der Waals surface area contributed by atoms with Crippen molar-refractivity contribution in [3.05, 3.63) is 82.7 Å². The summed E-state index contributed by atoms with van der Waals surface area (Å²) in [4.78, 5) is 191. The third kappa shape index (κ3) is 44.0. The van der Waals surface area contributed by atoms with Crippen molar-refractivity contribution in [3.8, 4) is 5.75 Å². The number of carbonyl (C=O) groups is 13. The third-order valence-corrected chi connectivity index (χ3v) is 19.3. The van der Waals surface area contributed by atoms with Crippen LogP contribution in [-0.4, -0.2) is 249 Å². The van der Waals surface area contributed by atoms with Crippen LogP contribution in [-0.2, 0) is 87.7 Å². The number of urea groups is 1. The maximum Gasteiger partial charge on any atom is 0.415 e. The predicted molar refractivity (Wildman–Crippen MR) is 465 cm³/mol. The van der Waals surface area contributed by atoms with Crippen molar-refractivity contribution in [2.45, 2.75) is 271 Å². The second-order valence-corrected chi connectivity index (χ2v) is 36.4. The molecule has 2 heterocycles. The molecule has 1 aromatic heterocycles. The summed E-state index contributed by atoms with van der Waals surface area (Å²) in [5.41, 5.74) is 0.775. The second-order valence-electron chi connectivity index (χ2n) is 36.4. The highest BCUT2D eigenvalue weighted by molar-refractivity contribution is 6.12. The van der Waals surface area contributed by atoms with Gasteiger partial charge in [0.2, 0.25) is 47.3 Å². The van der Waals surface area contributed by atoms with E-state index in [1.807, 2.05) is 104 Å². The molecule has 36 heteroatoms. The van der Waals surface area contributed by atoms with Gasteiger partial charge in [-0.3, -0.25) is 52.8 Å². The Morgan fingerprint density at radius 2 is 0.968 bits per heavy atom. The lowest BCUT2D eigenvalue weighted by Crippen LogP contribution is -2.62. The Labute approximate surface area is 729 Å². The van der Waals surface area contributed by atoms with Crippen LogP contribution in [0.25, 0.3) is 11.0 Å². The molecule has 0 radical (unpaired) electrons. The molecule has 36 nitrogen and oxygen atoms in total. The van der Waals surface area contributed by atoms with Gasteiger partial charge in [-0.1, -0.05) is 32.4 Å². The Bertz CT molecular complexity index is 3960. The number of ether oxygens (including phenoxy) is 8. The fourth-order valence-corrected chi connectivity index (χ4v) is 12.2. The monoisotopic (exact) mass is 1750 g/mol. The number of carbonyl (C=O) groups excluding carboxylic acids is 13. The van der Waals surface area contributed by atoms with Crippen molar-refractivity contribution in [1.29, 1.82) is 0 Å². The smallest absolute Gasteiger partial charge is 0.415 e. The maximum atomic E-state index is 15.4. The first-order valence-corrected chi connectivity index (χ1v) is 42.4. The molecule has 1 aliphatic heterocycles. The van der Waals surface area contributed by atoms with Crippen LogP contribution in [0.1, 0.15) is 213 Å². The number of primary amides is 1. The molecule has 3 atom stereocenters. The molecule has 0 fully saturated rings. The van der Waals surface area contributed by atoms with Gasteiger partial charge in [0.05, 0.1) is 56.4 Å². The van der Waals surface area contributed by atoms with E-state index in [-0.39, 0.29) is 132 Å². The summed E-state index contributed by atoms with van der Waals surface area (Å²) < 4.78 is 52.8. The zero-order valence-electron chi connectivity index (χ0n) is 76.3. The highest BCUT2D eigenvalue weighted by atomic mass is 16.6. The zero-order valence-corrected chi connectivity index (χ0v) is 76.3. The number of benzene rings is 2. The van der Waals surface area contributed by atoms with Crippen molar-refractivity contribution in [2.24, 2.45) is 11.7 Å². The number of hydrogen-bond acceptors (Lipinski definition) is 23. The zero-order chi connectivity index (χ0) is 92.8. The second kappa shape index (κ2) is 50.7. The first-order valence-electron chi connectivity index (χ1n) is 42.4. The standard InChI is InChI=1S/C88H139N13O23/c1-59(2)75(78(112)93-64(24-23-44-90-79(89)113)76(110)91-62-30-26-60(27-31-62)55-119-80(114)99(18)46-47-100(19)81(115)123-63-32-28-61-29-37-74(109)124-66(61)54-63)94-68(103)34-33-65(92-67(102)25-21-20-22-45-101-72(107)35-36-73(101)108)77(111)98-88(56-116-48-38-69(104)95-85(12,13)41-51-120-82(3,4)5,57-117-49-39-70(105)96-86(14,15)42-52-121-83(6,7)8)58-118-50-40-71(106)97-87(16,17)43-53-122-84(9,10)11/h26-32,35-37,54,59,64-65,75H,20-25,33-34,38-53,55-58H2,1-19H3,(H,91,110)(H,92,102)(H,93,112)(H,94,103)(H,95,104)(H,96,105)(H,97,106)(H,98,111)(H3,89,90,113)/t64-,65-,75?/m0/s1. The van der Waals surface area contributed by atoms with Gasteiger partial charge in [-0.25, -0.2) is 19.2 Å². The normalized spacial score (nSPS) is 13.5. The maximum absolute atomic E-state index is 15.4. The number of hydrogen-bond donors (Lipinski definition) is 10. The van der Waals surface area contributed by atoms with Gasteiger partial charge < -0.3 is 106 Å². The molecule has 4 rings (SSSR count). The summed E-state index contributed by atoms with van der Waals surface area (Å²) in [7, 11) is 2.96. The molecule has 14 amide bonds. The fraction of sp³-hybridized carbons (Fsp3) is 0.659. The molecule has 0 aliphatic carbocycles. The number of amides is 14. The lowest BCUT2D eigenvalue weighted by Gasteiger charge is -2.36. The number of fused-ring (bicyclic) bond motifs is 1. The van der Waals surface area contributed by atoms with E-state index in [4.69, 9.17) is 48.0 Å². The first-order chi connectivity index (χ1) is 57.8. The average Bonchev–Trinajstić information content (AvgIpc) is 0.955. The van der Waals surface area contributed by atoms with E-state index >= 15 is 4.79 Å². The van der Waals surface area contributed by atoms with Crippen LogP contribution in [0, 0.1) is 5.92 Å². The topological polar surface area (TPSA) is 470 Å². The SMILES string of the molecule is CC(C)C(NC(=O)CC[C@H](NC(=O)CCCCCN1C(=O)C=CC1=O)C(=O)NC(COCCC(=O)NC(C)(C)CCOC(C)(C)C)(COCCC(=O)NC(C)(C)CCOC(C)(C)C)COCCC(=O)NC(C)(C)CCOC(C)(C)C)C(=O)N[C@@H](CCCNC(N)=O)C(=O)Nc1ccc(COC(=O)N(C)CCN(C)C(=O)Oc2ccc3ccc(=O)oc3c2)cc1. The lowest BCUT2D eigenvalue weighted by atomic mass is 9.99. The third-order valence-electron chi connectivity index (χ3n) is 19.3. The number of nitrogens with one attached hydrogen (secondary N) is 9. The summed E-state index contributed by atoms with van der Waals surface area (Å²) in [6, 6.07) is 8.77. The molecule has 0 spiro atoms. The van der Waals surface area contributed by atoms with E-state index < -0.39 is 161 Å². The number of nitrogens with zero attached hydrogens (tertiary/aromatic N) is 3. The van der Waals surface area contributed by atoms with Crippen molar-refractivity contribution in [3.63, 3.8) is 0 Å². The quantitative estimate of drug-likeness (QED) is 0.0147. The molecular weight excluding hydrogens is 1610 g/mol. The van der Waals surface area contributed by atoms with Gasteiger partial charge in [0.25, 0.3) is 11.8 Å². The number of anilines is 1. The fourth-order valence-electron chi connectivity index (χ4n) is 12.2. The van der Waals surface area contributed by atoms with Crippen molar-refractivity contribution < 1.29 is 105 Å². The minimum Gasteiger partial charge on any atom is -0.445 e. The molecule has 11 N–H and O–H groups in total. The molecule has 3 aromatic rings. The Morgan fingerprint density at radius 3 is 1.45 bits per heavy atom. The van der Waals surface area contributed by atoms with Gasteiger partial charge in [0, 0.05) is 144 Å². The van der Waals surface area contributed by atoms with Crippen LogP contribution in [0.3, 0.4) is 0 Å². The van der Waals surface area contributed by atoms with Crippen LogP contribution in [0.2, 0.25) is 0 Å². The predicted octanol–water partition coefficient (Wildman–Crippen LogP) is 7.63. The summed E-state index contributed by atoms with van der Waals surface area (Å²) in [6.07, 6.45) is 1.92. The number of likely N-dealkylation sites (N-methyl/N-ethyl adjacent to an activating group) is 2. The molecule has 124 heavy (non-hydrogen) atoms. The number of nitrogens with two attached hydrogens (primary N) is 1. The summed E-state index contributed by atoms with van der Waals surface area (Å²) in [5, 5.41) is 26.2. The first kappa shape index (κ1) is 106. The van der Waals surface area contributed by atoms with E-state index in [0.29, 0.717) is 62.9 Å². The molecule has 0 saturated heterocycles. The number of unbranched alkanes of at least 4 members (excludes halogenated alkanes) is 2. The largest absolute Gasteiger partial charge is 0.445 e. The van der Waals surface area contributed by atoms with Crippen LogP contribution in [0.5, 0.6) is 5.75 Å². The number of rotatable bonds is 55. The highest BCUT2D eigenvalue weighted by Crippen LogP contribution is 2.24. The van der Waals surface area contributed by atoms with Gasteiger partial charge >= 0.3 is 23.8 Å². The molecule has 1 unspecified atom stereocenters. The minimum atomic E-state index is -1.74. The van der Waals surface area contributed by atoms with Gasteiger partial charge in [0.1, 0.15) is 41.6 Å². The Morgan fingerprint density at radius 1 is 0.492 bits per heavy atom. The van der Waals surface area contributed by atoms with Crippen molar-refractivity contribution >= 4 is 93.9 Å². The molecule has 0 bridgehead atoms. The number of imide groups is 1. The molecular formula is C88H139N13O23. The highest BCUT2D eigenvalue weighted by Gasteiger charge is 2.39. The Hall–Kier alpha value is -10.1. The van der Waals surface area contributed by atoms with Crippen molar-refractivity contribution in [1.82, 2.24) is 57.2 Å². The summed E-state index contributed by atoms with van der Waals surface area (Å²) >= 11 is 0. The van der Waals surface area contributed by atoms with E-state index in [9.17, 15) is 62.3 Å². The summed E-state index contributed by atoms with van der Waals surface area (Å²) in [5.74, 6) is -6.23. The van der Waals surface area contributed by atoms with E-state index in [2.05, 4.69) is 47.9 Å². The van der Waals surface area contributed by atoms with E-state index in [1.54, 1.807) is 56.3 Å². The van der Waals surface area contributed by atoms with Gasteiger partial charge in [-0.15, -0.1) is 0 Å². The van der Waals surface area contributed by atoms with Gasteiger partial charge in [-0.2, -0.15) is 0 Å². The van der Waals surface area contributed by atoms with Gasteiger partial charge in [-0.05, 0) is 197 Å². The molecule has 0 saturated carbocycles. The Balaban J connectivity index is 1.61. The lowest BCUT2D eigenvalue weighted by molar-refractivity contribution is -0.137. The minimum absolute atomic E-state index is 0.0196. The average molecular weight is 1750 g/mol. The van der Waals surface area contributed by atoms with E-state index in [1.165, 1.54) is 48.2 Å². The Kier molecular flexibility index (Phi) is 43.4. The van der Waals surface area contributed by atoms with Crippen LogP contribution >= 0.6 is 0 Å². The van der Waals surface area contributed by atoms with Crippen LogP contribution in [0.15, 0.2) is 76.0 Å². The molecule has 2 aromatic carbocycles. The van der Waals surface area contributed by atoms with Crippen LogP contribution in [0.4, 0.5) is 20.1 Å².